The first-order chi connectivity index (χ1) is 7.29. The molecule has 5 heteroatoms. The summed E-state index contributed by atoms with van der Waals surface area (Å²) in [4.78, 5) is 15.8. The van der Waals surface area contributed by atoms with Crippen molar-refractivity contribution in [2.45, 2.75) is 39.2 Å². The zero-order valence-electron chi connectivity index (χ0n) is 10.2. The molecular formula is C11H17NO3S. The normalized spacial score (nSPS) is 12.1. The van der Waals surface area contributed by atoms with Crippen molar-refractivity contribution in [3.05, 3.63) is 15.6 Å². The van der Waals surface area contributed by atoms with E-state index < -0.39 is 11.6 Å². The first-order valence-electron chi connectivity index (χ1n) is 5.09. The van der Waals surface area contributed by atoms with Crippen LogP contribution in [-0.4, -0.2) is 23.2 Å². The number of hydrogen-bond acceptors (Lipinski definition) is 4. The number of carbonyl (C=O) groups is 1. The summed E-state index contributed by atoms with van der Waals surface area (Å²) in [7, 11) is 1.59. The van der Waals surface area contributed by atoms with Gasteiger partial charge in [-0.2, -0.15) is 0 Å². The van der Waals surface area contributed by atoms with E-state index in [1.807, 2.05) is 27.7 Å². The van der Waals surface area contributed by atoms with Gasteiger partial charge in [0.15, 0.2) is 0 Å². The Morgan fingerprint density at radius 1 is 1.50 bits per heavy atom. The molecule has 0 spiro atoms. The predicted octanol–water partition coefficient (Wildman–Crippen LogP) is 2.85. The highest BCUT2D eigenvalue weighted by Crippen LogP contribution is 2.33. The molecule has 1 aromatic rings. The van der Waals surface area contributed by atoms with Crippen molar-refractivity contribution in [1.29, 1.82) is 0 Å². The predicted molar refractivity (Wildman–Crippen MR) is 63.2 cm³/mol. The molecular weight excluding hydrogens is 226 g/mol. The van der Waals surface area contributed by atoms with Crippen molar-refractivity contribution in [3.8, 4) is 0 Å². The molecule has 0 atom stereocenters. The molecule has 0 aliphatic rings. The number of rotatable bonds is 4. The van der Waals surface area contributed by atoms with E-state index in [2.05, 4.69) is 4.98 Å². The van der Waals surface area contributed by atoms with Crippen LogP contribution in [0.1, 0.15) is 54.0 Å². The highest BCUT2D eigenvalue weighted by Gasteiger charge is 2.28. The molecule has 1 heterocycles. The Morgan fingerprint density at radius 3 is 2.38 bits per heavy atom. The van der Waals surface area contributed by atoms with Gasteiger partial charge in [-0.05, 0) is 19.8 Å². The first-order valence-corrected chi connectivity index (χ1v) is 5.91. The van der Waals surface area contributed by atoms with Gasteiger partial charge in [0.05, 0.1) is 5.69 Å². The number of nitrogens with zero attached hydrogens (tertiary/aromatic N) is 1. The summed E-state index contributed by atoms with van der Waals surface area (Å²) in [6.45, 7) is 7.62. The minimum absolute atomic E-state index is 0.101. The summed E-state index contributed by atoms with van der Waals surface area (Å²) in [6, 6.07) is 0. The van der Waals surface area contributed by atoms with Crippen LogP contribution in [-0.2, 0) is 10.3 Å². The lowest BCUT2D eigenvalue weighted by atomic mass is 10.1. The van der Waals surface area contributed by atoms with Gasteiger partial charge in [0.25, 0.3) is 0 Å². The number of aromatic nitrogens is 1. The standard InChI is InChI=1S/C11H17NO3S/c1-6(2)7-8(9(13)14)16-10(12-7)11(3,4)15-5/h6H,1-5H3,(H,13,14). The Kier molecular flexibility index (Phi) is 3.70. The molecule has 0 bridgehead atoms. The summed E-state index contributed by atoms with van der Waals surface area (Å²) in [5.41, 5.74) is 0.0970. The maximum atomic E-state index is 11.1. The van der Waals surface area contributed by atoms with E-state index in [1.54, 1.807) is 7.11 Å². The fourth-order valence-corrected chi connectivity index (χ4v) is 2.36. The highest BCUT2D eigenvalue weighted by atomic mass is 32.1. The van der Waals surface area contributed by atoms with Crippen molar-refractivity contribution in [3.63, 3.8) is 0 Å². The Bertz CT molecular complexity index is 396. The number of ether oxygens (including phenoxy) is 1. The molecule has 1 aromatic heterocycles. The largest absolute Gasteiger partial charge is 0.477 e. The van der Waals surface area contributed by atoms with Crippen molar-refractivity contribution in [1.82, 2.24) is 4.98 Å². The van der Waals surface area contributed by atoms with E-state index in [4.69, 9.17) is 9.84 Å². The summed E-state index contributed by atoms with van der Waals surface area (Å²) < 4.78 is 5.31. The molecule has 4 nitrogen and oxygen atoms in total. The lowest BCUT2D eigenvalue weighted by molar-refractivity contribution is 0.0189. The minimum atomic E-state index is -0.917. The van der Waals surface area contributed by atoms with Crippen LogP contribution in [0.3, 0.4) is 0 Å². The lowest BCUT2D eigenvalue weighted by Crippen LogP contribution is -2.19. The molecule has 0 saturated heterocycles. The molecule has 0 saturated carbocycles. The van der Waals surface area contributed by atoms with E-state index in [-0.39, 0.29) is 5.92 Å². The second kappa shape index (κ2) is 4.51. The summed E-state index contributed by atoms with van der Waals surface area (Å²) in [6.07, 6.45) is 0. The quantitative estimate of drug-likeness (QED) is 0.883. The van der Waals surface area contributed by atoms with E-state index in [9.17, 15) is 4.79 Å². The maximum absolute atomic E-state index is 11.1. The number of aromatic carboxylic acids is 1. The van der Waals surface area contributed by atoms with Crippen LogP contribution in [0.15, 0.2) is 0 Å². The van der Waals surface area contributed by atoms with E-state index in [0.717, 1.165) is 0 Å². The summed E-state index contributed by atoms with van der Waals surface area (Å²) >= 11 is 1.19. The molecule has 1 N–H and O–H groups in total. The third-order valence-electron chi connectivity index (χ3n) is 2.42. The molecule has 0 aliphatic heterocycles. The Hall–Kier alpha value is -0.940. The van der Waals surface area contributed by atoms with E-state index in [1.165, 1.54) is 11.3 Å². The molecule has 0 unspecified atom stereocenters. The van der Waals surface area contributed by atoms with E-state index in [0.29, 0.717) is 15.6 Å². The van der Waals surface area contributed by atoms with Crippen molar-refractivity contribution in [2.24, 2.45) is 0 Å². The minimum Gasteiger partial charge on any atom is -0.477 e. The summed E-state index contributed by atoms with van der Waals surface area (Å²) in [5, 5.41) is 9.80. The van der Waals surface area contributed by atoms with Crippen LogP contribution in [0.2, 0.25) is 0 Å². The maximum Gasteiger partial charge on any atom is 0.347 e. The topological polar surface area (TPSA) is 59.4 Å². The smallest absolute Gasteiger partial charge is 0.347 e. The van der Waals surface area contributed by atoms with E-state index >= 15 is 0 Å². The third kappa shape index (κ3) is 2.41. The van der Waals surface area contributed by atoms with Crippen molar-refractivity contribution in [2.75, 3.05) is 7.11 Å². The number of carboxylic acid groups (broad SMARTS) is 1. The second-order valence-electron chi connectivity index (χ2n) is 4.41. The van der Waals surface area contributed by atoms with Gasteiger partial charge in [-0.15, -0.1) is 11.3 Å². The van der Waals surface area contributed by atoms with Gasteiger partial charge >= 0.3 is 5.97 Å². The lowest BCUT2D eigenvalue weighted by Gasteiger charge is -2.19. The van der Waals surface area contributed by atoms with Gasteiger partial charge in [-0.25, -0.2) is 9.78 Å². The Morgan fingerprint density at radius 2 is 2.06 bits per heavy atom. The molecule has 16 heavy (non-hydrogen) atoms. The fourth-order valence-electron chi connectivity index (χ4n) is 1.22. The van der Waals surface area contributed by atoms with Crippen LogP contribution >= 0.6 is 11.3 Å². The van der Waals surface area contributed by atoms with Gasteiger partial charge in [0.1, 0.15) is 15.5 Å². The number of carboxylic acids is 1. The highest BCUT2D eigenvalue weighted by molar-refractivity contribution is 7.13. The van der Waals surface area contributed by atoms with Crippen LogP contribution in [0.25, 0.3) is 0 Å². The zero-order chi connectivity index (χ0) is 12.5. The van der Waals surface area contributed by atoms with Crippen LogP contribution in [0, 0.1) is 0 Å². The fraction of sp³-hybridized carbons (Fsp3) is 0.636. The number of thiazole rings is 1. The van der Waals surface area contributed by atoms with Crippen molar-refractivity contribution < 1.29 is 14.6 Å². The van der Waals surface area contributed by atoms with Crippen LogP contribution in [0.4, 0.5) is 0 Å². The molecule has 0 radical (unpaired) electrons. The average molecular weight is 243 g/mol. The SMILES string of the molecule is COC(C)(C)c1nc(C(C)C)c(C(=O)O)s1. The number of hydrogen-bond donors (Lipinski definition) is 1. The van der Waals surface area contributed by atoms with Gasteiger partial charge in [-0.1, -0.05) is 13.8 Å². The van der Waals surface area contributed by atoms with Gasteiger partial charge in [-0.3, -0.25) is 0 Å². The van der Waals surface area contributed by atoms with Crippen molar-refractivity contribution >= 4 is 17.3 Å². The molecule has 0 amide bonds. The summed E-state index contributed by atoms with van der Waals surface area (Å²) in [5.74, 6) is -0.817. The second-order valence-corrected chi connectivity index (χ2v) is 5.41. The Labute approximate surface area is 99.3 Å². The molecule has 0 fully saturated rings. The van der Waals surface area contributed by atoms with Crippen LogP contribution in [0.5, 0.6) is 0 Å². The molecule has 0 aromatic carbocycles. The zero-order valence-corrected chi connectivity index (χ0v) is 11.0. The Balaban J connectivity index is 3.27. The first kappa shape index (κ1) is 13.1. The van der Waals surface area contributed by atoms with Gasteiger partial charge < -0.3 is 9.84 Å². The number of methoxy groups -OCH3 is 1. The monoisotopic (exact) mass is 243 g/mol. The average Bonchev–Trinajstić information content (AvgIpc) is 2.62. The third-order valence-corrected chi connectivity index (χ3v) is 3.78. The molecule has 0 aliphatic carbocycles. The van der Waals surface area contributed by atoms with Gasteiger partial charge in [0.2, 0.25) is 0 Å². The van der Waals surface area contributed by atoms with Gasteiger partial charge in [0, 0.05) is 7.11 Å². The van der Waals surface area contributed by atoms with Crippen LogP contribution < -0.4 is 0 Å². The molecule has 1 rings (SSSR count). The molecule has 90 valence electrons.